The summed E-state index contributed by atoms with van der Waals surface area (Å²) in [5.74, 6) is -1.17. The zero-order valence-electron chi connectivity index (χ0n) is 5.07. The Balaban J connectivity index is 2.71. The SMILES string of the molecule is O=C1N=CC(CO)C(=O)N1. The molecule has 1 heterocycles. The van der Waals surface area contributed by atoms with Crippen molar-refractivity contribution in [3.8, 4) is 0 Å². The van der Waals surface area contributed by atoms with Crippen molar-refractivity contribution < 1.29 is 14.7 Å². The molecule has 1 unspecified atom stereocenters. The van der Waals surface area contributed by atoms with Gasteiger partial charge in [0, 0.05) is 6.21 Å². The predicted molar refractivity (Wildman–Crippen MR) is 32.6 cm³/mol. The van der Waals surface area contributed by atoms with Crippen LogP contribution in [0, 0.1) is 5.92 Å². The van der Waals surface area contributed by atoms with Gasteiger partial charge in [-0.25, -0.2) is 9.79 Å². The second kappa shape index (κ2) is 2.57. The van der Waals surface area contributed by atoms with Gasteiger partial charge in [-0.15, -0.1) is 0 Å². The van der Waals surface area contributed by atoms with Crippen LogP contribution in [0.4, 0.5) is 4.79 Å². The van der Waals surface area contributed by atoms with Crippen molar-refractivity contribution in [2.75, 3.05) is 6.61 Å². The monoisotopic (exact) mass is 142 g/mol. The molecule has 3 amide bonds. The lowest BCUT2D eigenvalue weighted by Crippen LogP contribution is -2.40. The molecule has 10 heavy (non-hydrogen) atoms. The minimum absolute atomic E-state index is 0.317. The highest BCUT2D eigenvalue weighted by atomic mass is 16.3. The van der Waals surface area contributed by atoms with Crippen molar-refractivity contribution in [2.24, 2.45) is 10.9 Å². The Kier molecular flexibility index (Phi) is 1.77. The number of aliphatic hydroxyl groups excluding tert-OH is 1. The van der Waals surface area contributed by atoms with E-state index in [9.17, 15) is 9.59 Å². The summed E-state index contributed by atoms with van der Waals surface area (Å²) >= 11 is 0. The Morgan fingerprint density at radius 3 is 2.90 bits per heavy atom. The zero-order valence-corrected chi connectivity index (χ0v) is 5.07. The van der Waals surface area contributed by atoms with Gasteiger partial charge in [0.15, 0.2) is 0 Å². The number of hydrogen-bond donors (Lipinski definition) is 2. The molecule has 0 saturated heterocycles. The first-order valence-corrected chi connectivity index (χ1v) is 2.74. The summed E-state index contributed by atoms with van der Waals surface area (Å²) in [6.07, 6.45) is 1.14. The Labute approximate surface area is 56.8 Å². The van der Waals surface area contributed by atoms with Crippen molar-refractivity contribution in [1.82, 2.24) is 5.32 Å². The van der Waals surface area contributed by atoms with Crippen LogP contribution in [0.5, 0.6) is 0 Å². The van der Waals surface area contributed by atoms with Gasteiger partial charge in [-0.3, -0.25) is 10.1 Å². The molecule has 1 aliphatic heterocycles. The largest absolute Gasteiger partial charge is 0.395 e. The summed E-state index contributed by atoms with van der Waals surface area (Å²) in [4.78, 5) is 24.3. The van der Waals surface area contributed by atoms with E-state index >= 15 is 0 Å². The number of carbonyl (C=O) groups excluding carboxylic acids is 2. The minimum Gasteiger partial charge on any atom is -0.395 e. The summed E-state index contributed by atoms with van der Waals surface area (Å²) in [5, 5.41) is 10.4. The lowest BCUT2D eigenvalue weighted by molar-refractivity contribution is -0.122. The molecule has 0 fully saturated rings. The minimum atomic E-state index is -0.672. The van der Waals surface area contributed by atoms with Gasteiger partial charge >= 0.3 is 6.03 Å². The fourth-order valence-electron chi connectivity index (χ4n) is 0.586. The number of nitrogens with one attached hydrogen (secondary N) is 1. The van der Waals surface area contributed by atoms with E-state index in [1.54, 1.807) is 0 Å². The summed E-state index contributed by atoms with van der Waals surface area (Å²) in [6, 6.07) is -0.672. The van der Waals surface area contributed by atoms with Gasteiger partial charge in [0.05, 0.1) is 12.5 Å². The van der Waals surface area contributed by atoms with Crippen LogP contribution < -0.4 is 5.32 Å². The van der Waals surface area contributed by atoms with E-state index in [0.717, 1.165) is 6.21 Å². The van der Waals surface area contributed by atoms with Gasteiger partial charge in [0.2, 0.25) is 5.91 Å². The maximum absolute atomic E-state index is 10.7. The molecule has 0 radical (unpaired) electrons. The smallest absolute Gasteiger partial charge is 0.347 e. The van der Waals surface area contributed by atoms with Crippen molar-refractivity contribution in [1.29, 1.82) is 0 Å². The second-order valence-corrected chi connectivity index (χ2v) is 1.86. The van der Waals surface area contributed by atoms with Crippen LogP contribution in [0.2, 0.25) is 0 Å². The molecular weight excluding hydrogens is 136 g/mol. The first-order chi connectivity index (χ1) is 4.74. The number of rotatable bonds is 1. The van der Waals surface area contributed by atoms with Crippen molar-refractivity contribution >= 4 is 18.2 Å². The van der Waals surface area contributed by atoms with E-state index in [-0.39, 0.29) is 6.61 Å². The van der Waals surface area contributed by atoms with Gasteiger partial charge in [-0.1, -0.05) is 0 Å². The quantitative estimate of drug-likeness (QED) is 0.488. The third kappa shape index (κ3) is 1.19. The van der Waals surface area contributed by atoms with Crippen LogP contribution in [-0.2, 0) is 4.79 Å². The maximum Gasteiger partial charge on any atom is 0.347 e. The molecule has 1 aliphatic rings. The number of imide groups is 1. The van der Waals surface area contributed by atoms with Crippen LogP contribution >= 0.6 is 0 Å². The lowest BCUT2D eigenvalue weighted by Gasteiger charge is -2.10. The average Bonchev–Trinajstić information content (AvgIpc) is 1.88. The van der Waals surface area contributed by atoms with E-state index in [1.165, 1.54) is 0 Å². The molecule has 5 nitrogen and oxygen atoms in total. The van der Waals surface area contributed by atoms with Crippen LogP contribution in [0.15, 0.2) is 4.99 Å². The number of urea groups is 1. The normalized spacial score (nSPS) is 24.7. The molecule has 54 valence electrons. The maximum atomic E-state index is 10.7. The molecule has 2 N–H and O–H groups in total. The van der Waals surface area contributed by atoms with Crippen molar-refractivity contribution in [3.63, 3.8) is 0 Å². The fraction of sp³-hybridized carbons (Fsp3) is 0.400. The van der Waals surface area contributed by atoms with E-state index in [1.807, 2.05) is 5.32 Å². The number of amides is 3. The number of aliphatic hydroxyl groups is 1. The van der Waals surface area contributed by atoms with E-state index in [4.69, 9.17) is 5.11 Å². The molecule has 0 aromatic heterocycles. The molecular formula is C5H6N2O3. The molecule has 0 spiro atoms. The Morgan fingerprint density at radius 2 is 2.40 bits per heavy atom. The van der Waals surface area contributed by atoms with Gasteiger partial charge in [0.1, 0.15) is 0 Å². The summed E-state index contributed by atoms with van der Waals surface area (Å²) in [5.41, 5.74) is 0. The zero-order chi connectivity index (χ0) is 7.56. The first kappa shape index (κ1) is 6.88. The molecule has 0 aromatic carbocycles. The number of nitrogens with zero attached hydrogens (tertiary/aromatic N) is 1. The van der Waals surface area contributed by atoms with E-state index < -0.39 is 17.9 Å². The molecule has 5 heteroatoms. The van der Waals surface area contributed by atoms with Crippen LogP contribution in [0.25, 0.3) is 0 Å². The van der Waals surface area contributed by atoms with Crippen molar-refractivity contribution in [2.45, 2.75) is 0 Å². The van der Waals surface area contributed by atoms with Gasteiger partial charge < -0.3 is 5.11 Å². The van der Waals surface area contributed by atoms with Gasteiger partial charge in [-0.05, 0) is 0 Å². The summed E-state index contributed by atoms with van der Waals surface area (Å²) in [7, 11) is 0. The Bertz CT molecular complexity index is 199. The van der Waals surface area contributed by atoms with Crippen LogP contribution in [-0.4, -0.2) is 29.9 Å². The third-order valence-electron chi connectivity index (χ3n) is 1.14. The highest BCUT2D eigenvalue weighted by molar-refractivity contribution is 6.09. The Hall–Kier alpha value is -1.23. The number of aliphatic imine (C=N–C) groups is 1. The van der Waals surface area contributed by atoms with Crippen LogP contribution in [0.3, 0.4) is 0 Å². The van der Waals surface area contributed by atoms with E-state index in [2.05, 4.69) is 4.99 Å². The molecule has 1 atom stereocenters. The predicted octanol–water partition coefficient (Wildman–Crippen LogP) is -1.08. The Morgan fingerprint density at radius 1 is 1.70 bits per heavy atom. The summed E-state index contributed by atoms with van der Waals surface area (Å²) in [6.45, 7) is -0.317. The fourth-order valence-corrected chi connectivity index (χ4v) is 0.586. The average molecular weight is 142 g/mol. The van der Waals surface area contributed by atoms with Crippen molar-refractivity contribution in [3.05, 3.63) is 0 Å². The number of hydrogen-bond acceptors (Lipinski definition) is 3. The topological polar surface area (TPSA) is 78.8 Å². The molecule has 0 aromatic rings. The standard InChI is InChI=1S/C5H6N2O3/c8-2-3-1-6-5(10)7-4(3)9/h1,3,8H,2H2,(H,7,9,10). The highest BCUT2D eigenvalue weighted by Gasteiger charge is 2.21. The molecule has 0 saturated carbocycles. The highest BCUT2D eigenvalue weighted by Crippen LogP contribution is 1.96. The first-order valence-electron chi connectivity index (χ1n) is 2.74. The van der Waals surface area contributed by atoms with Crippen LogP contribution in [0.1, 0.15) is 0 Å². The van der Waals surface area contributed by atoms with Gasteiger partial charge in [-0.2, -0.15) is 0 Å². The van der Waals surface area contributed by atoms with E-state index in [0.29, 0.717) is 0 Å². The molecule has 0 bridgehead atoms. The second-order valence-electron chi connectivity index (χ2n) is 1.86. The third-order valence-corrected chi connectivity index (χ3v) is 1.14. The number of carbonyl (C=O) groups is 2. The lowest BCUT2D eigenvalue weighted by atomic mass is 10.1. The summed E-state index contributed by atoms with van der Waals surface area (Å²) < 4.78 is 0. The van der Waals surface area contributed by atoms with Gasteiger partial charge in [0.25, 0.3) is 0 Å². The molecule has 1 rings (SSSR count). The molecule has 0 aliphatic carbocycles.